The number of alkyl halides is 1. The summed E-state index contributed by atoms with van der Waals surface area (Å²) in [7, 11) is 0. The van der Waals surface area contributed by atoms with E-state index >= 15 is 0 Å². The molecule has 0 aromatic rings. The molecule has 0 bridgehead atoms. The standard InChI is InChI=1S/C13H19ClN2O5/c14-3-6-21-13(20)15-4-1-10(2-5-15)16-8-9(12(18)19)7-11(16)17/h9-10H,1-8H2,(H,18,19). The maximum atomic E-state index is 11.9. The zero-order valence-corrected chi connectivity index (χ0v) is 12.4. The number of carboxylic acid groups (broad SMARTS) is 1. The number of nitrogens with zero attached hydrogens (tertiary/aromatic N) is 2. The predicted octanol–water partition coefficient (Wildman–Crippen LogP) is 0.759. The minimum absolute atomic E-state index is 0.0129. The van der Waals surface area contributed by atoms with Crippen LogP contribution in [0.15, 0.2) is 0 Å². The molecule has 7 nitrogen and oxygen atoms in total. The van der Waals surface area contributed by atoms with Crippen molar-refractivity contribution in [2.24, 2.45) is 5.92 Å². The Balaban J connectivity index is 1.83. The van der Waals surface area contributed by atoms with Crippen molar-refractivity contribution in [2.75, 3.05) is 32.1 Å². The number of amides is 2. The monoisotopic (exact) mass is 318 g/mol. The van der Waals surface area contributed by atoms with E-state index in [1.165, 1.54) is 0 Å². The maximum absolute atomic E-state index is 11.9. The van der Waals surface area contributed by atoms with Crippen LogP contribution in [-0.2, 0) is 14.3 Å². The molecule has 118 valence electrons. The highest BCUT2D eigenvalue weighted by Gasteiger charge is 2.39. The average Bonchev–Trinajstić information content (AvgIpc) is 2.87. The topological polar surface area (TPSA) is 87.2 Å². The van der Waals surface area contributed by atoms with Crippen LogP contribution >= 0.6 is 11.6 Å². The van der Waals surface area contributed by atoms with E-state index in [2.05, 4.69) is 0 Å². The van der Waals surface area contributed by atoms with Gasteiger partial charge < -0.3 is 19.6 Å². The molecule has 2 heterocycles. The van der Waals surface area contributed by atoms with E-state index in [-0.39, 0.29) is 43.5 Å². The Kier molecular flexibility index (Phi) is 5.27. The first kappa shape index (κ1) is 15.9. The Bertz CT molecular complexity index is 423. The van der Waals surface area contributed by atoms with Crippen molar-refractivity contribution >= 4 is 29.6 Å². The number of likely N-dealkylation sites (tertiary alicyclic amines) is 2. The summed E-state index contributed by atoms with van der Waals surface area (Å²) in [5.41, 5.74) is 0. The van der Waals surface area contributed by atoms with Gasteiger partial charge in [0.1, 0.15) is 6.61 Å². The molecule has 1 N–H and O–H groups in total. The number of aliphatic carboxylic acids is 1. The van der Waals surface area contributed by atoms with E-state index in [4.69, 9.17) is 21.4 Å². The molecular formula is C13H19ClN2O5. The highest BCUT2D eigenvalue weighted by Crippen LogP contribution is 2.25. The number of carbonyl (C=O) groups is 3. The van der Waals surface area contributed by atoms with E-state index in [0.717, 1.165) is 0 Å². The Labute approximate surface area is 127 Å². The van der Waals surface area contributed by atoms with Gasteiger partial charge in [-0.05, 0) is 12.8 Å². The third-order valence-corrected chi connectivity index (χ3v) is 4.13. The molecule has 8 heteroatoms. The molecule has 0 radical (unpaired) electrons. The lowest BCUT2D eigenvalue weighted by molar-refractivity contribution is -0.141. The van der Waals surface area contributed by atoms with Gasteiger partial charge in [-0.3, -0.25) is 9.59 Å². The number of rotatable bonds is 4. The molecule has 2 aliphatic rings. The molecule has 1 unspecified atom stereocenters. The Morgan fingerprint density at radius 1 is 1.33 bits per heavy atom. The summed E-state index contributed by atoms with van der Waals surface area (Å²) >= 11 is 5.46. The predicted molar refractivity (Wildman–Crippen MR) is 74.1 cm³/mol. The molecule has 0 spiro atoms. The van der Waals surface area contributed by atoms with E-state index < -0.39 is 11.9 Å². The van der Waals surface area contributed by atoms with Crippen LogP contribution in [-0.4, -0.2) is 71.0 Å². The summed E-state index contributed by atoms with van der Waals surface area (Å²) in [6.45, 7) is 1.47. The summed E-state index contributed by atoms with van der Waals surface area (Å²) in [6.07, 6.45) is 0.986. The quantitative estimate of drug-likeness (QED) is 0.773. The first-order chi connectivity index (χ1) is 10.0. The van der Waals surface area contributed by atoms with E-state index in [1.54, 1.807) is 9.80 Å². The molecule has 2 rings (SSSR count). The SMILES string of the molecule is O=C(O)C1CC(=O)N(C2CCN(C(=O)OCCCl)CC2)C1. The van der Waals surface area contributed by atoms with Crippen LogP contribution in [0, 0.1) is 5.92 Å². The summed E-state index contributed by atoms with van der Waals surface area (Å²) in [4.78, 5) is 37.8. The molecule has 0 aliphatic carbocycles. The number of hydrogen-bond donors (Lipinski definition) is 1. The Morgan fingerprint density at radius 3 is 2.52 bits per heavy atom. The lowest BCUT2D eigenvalue weighted by Crippen LogP contribution is -2.47. The first-order valence-corrected chi connectivity index (χ1v) is 7.56. The highest BCUT2D eigenvalue weighted by molar-refractivity contribution is 6.18. The van der Waals surface area contributed by atoms with Crippen molar-refractivity contribution in [3.8, 4) is 0 Å². The van der Waals surface area contributed by atoms with Crippen molar-refractivity contribution in [3.05, 3.63) is 0 Å². The minimum atomic E-state index is -0.923. The smallest absolute Gasteiger partial charge is 0.409 e. The summed E-state index contributed by atoms with van der Waals surface area (Å²) < 4.78 is 4.96. The van der Waals surface area contributed by atoms with E-state index in [0.29, 0.717) is 25.9 Å². The second kappa shape index (κ2) is 6.98. The summed E-state index contributed by atoms with van der Waals surface area (Å²) in [6, 6.07) is 0.0129. The van der Waals surface area contributed by atoms with Gasteiger partial charge in [0.2, 0.25) is 5.91 Å². The molecule has 0 aromatic heterocycles. The normalized spacial score (nSPS) is 23.5. The van der Waals surface area contributed by atoms with Crippen molar-refractivity contribution < 1.29 is 24.2 Å². The third kappa shape index (κ3) is 3.78. The minimum Gasteiger partial charge on any atom is -0.481 e. The molecule has 2 fully saturated rings. The van der Waals surface area contributed by atoms with Gasteiger partial charge >= 0.3 is 12.1 Å². The number of hydrogen-bond acceptors (Lipinski definition) is 4. The van der Waals surface area contributed by atoms with Crippen molar-refractivity contribution in [2.45, 2.75) is 25.3 Å². The fraction of sp³-hybridized carbons (Fsp3) is 0.769. The van der Waals surface area contributed by atoms with Gasteiger partial charge in [0.05, 0.1) is 11.8 Å². The molecular weight excluding hydrogens is 300 g/mol. The number of halogens is 1. The van der Waals surface area contributed by atoms with Crippen LogP contribution in [0.5, 0.6) is 0 Å². The third-order valence-electron chi connectivity index (χ3n) is 3.97. The van der Waals surface area contributed by atoms with Crippen LogP contribution in [0.2, 0.25) is 0 Å². The van der Waals surface area contributed by atoms with Gasteiger partial charge in [-0.25, -0.2) is 4.79 Å². The summed E-state index contributed by atoms with van der Waals surface area (Å²) in [5, 5.41) is 8.99. The lowest BCUT2D eigenvalue weighted by atomic mass is 10.0. The lowest BCUT2D eigenvalue weighted by Gasteiger charge is -2.36. The maximum Gasteiger partial charge on any atom is 0.409 e. The molecule has 2 aliphatic heterocycles. The van der Waals surface area contributed by atoms with Crippen molar-refractivity contribution in [1.82, 2.24) is 9.80 Å². The van der Waals surface area contributed by atoms with Crippen LogP contribution < -0.4 is 0 Å². The zero-order chi connectivity index (χ0) is 15.4. The fourth-order valence-corrected chi connectivity index (χ4v) is 2.90. The Hall–Kier alpha value is -1.50. The second-order valence-corrected chi connectivity index (χ2v) is 5.68. The average molecular weight is 319 g/mol. The Morgan fingerprint density at radius 2 is 2.00 bits per heavy atom. The largest absolute Gasteiger partial charge is 0.481 e. The molecule has 1 atom stereocenters. The molecule has 2 amide bonds. The fourth-order valence-electron chi connectivity index (χ4n) is 2.83. The van der Waals surface area contributed by atoms with Gasteiger partial charge in [-0.15, -0.1) is 11.6 Å². The van der Waals surface area contributed by atoms with Crippen LogP contribution in [0.3, 0.4) is 0 Å². The molecule has 0 saturated carbocycles. The van der Waals surface area contributed by atoms with Crippen LogP contribution in [0.1, 0.15) is 19.3 Å². The van der Waals surface area contributed by atoms with Crippen molar-refractivity contribution in [1.29, 1.82) is 0 Å². The number of carboxylic acids is 1. The van der Waals surface area contributed by atoms with Crippen LogP contribution in [0.25, 0.3) is 0 Å². The van der Waals surface area contributed by atoms with E-state index in [9.17, 15) is 14.4 Å². The number of piperidine rings is 1. The zero-order valence-electron chi connectivity index (χ0n) is 11.7. The van der Waals surface area contributed by atoms with Gasteiger partial charge in [-0.2, -0.15) is 0 Å². The van der Waals surface area contributed by atoms with Gasteiger partial charge in [-0.1, -0.05) is 0 Å². The first-order valence-electron chi connectivity index (χ1n) is 7.03. The molecule has 0 aromatic carbocycles. The molecule has 2 saturated heterocycles. The summed E-state index contributed by atoms with van der Waals surface area (Å²) in [5.74, 6) is -1.37. The van der Waals surface area contributed by atoms with Crippen LogP contribution in [0.4, 0.5) is 4.79 Å². The van der Waals surface area contributed by atoms with E-state index in [1.807, 2.05) is 0 Å². The van der Waals surface area contributed by atoms with Gasteiger partial charge in [0.25, 0.3) is 0 Å². The van der Waals surface area contributed by atoms with Gasteiger partial charge in [0.15, 0.2) is 0 Å². The van der Waals surface area contributed by atoms with Crippen molar-refractivity contribution in [3.63, 3.8) is 0 Å². The number of carbonyl (C=O) groups excluding carboxylic acids is 2. The van der Waals surface area contributed by atoms with Gasteiger partial charge in [0, 0.05) is 32.1 Å². The molecule has 21 heavy (non-hydrogen) atoms. The second-order valence-electron chi connectivity index (χ2n) is 5.31. The number of ether oxygens (including phenoxy) is 1. The highest BCUT2D eigenvalue weighted by atomic mass is 35.5.